The van der Waals surface area contributed by atoms with Crippen LogP contribution in [0.1, 0.15) is 26.7 Å². The van der Waals surface area contributed by atoms with Gasteiger partial charge in [-0.05, 0) is 26.7 Å². The molecule has 1 fully saturated rings. The lowest BCUT2D eigenvalue weighted by atomic mass is 9.96. The third-order valence-electron chi connectivity index (χ3n) is 3.39. The van der Waals surface area contributed by atoms with Gasteiger partial charge in [0.25, 0.3) is 0 Å². The zero-order valence-corrected chi connectivity index (χ0v) is 12.5. The molecule has 0 radical (unpaired) electrons. The maximum absolute atomic E-state index is 11.2. The highest BCUT2D eigenvalue weighted by molar-refractivity contribution is 5.76. The first-order chi connectivity index (χ1) is 10.1. The Balaban J connectivity index is 2.13. The molecule has 3 N–H and O–H groups in total. The third kappa shape index (κ3) is 3.93. The monoisotopic (exact) mass is 294 g/mol. The molecular weight excluding hydrogens is 272 g/mol. The molecule has 1 saturated heterocycles. The van der Waals surface area contributed by atoms with Gasteiger partial charge < -0.3 is 20.7 Å². The van der Waals surface area contributed by atoms with Gasteiger partial charge in [-0.3, -0.25) is 4.79 Å². The normalized spacial score (nSPS) is 15.8. The number of hydrogen-bond acceptors (Lipinski definition) is 7. The third-order valence-corrected chi connectivity index (χ3v) is 3.39. The number of ether oxygens (including phenoxy) is 1. The first-order valence-electron chi connectivity index (χ1n) is 7.31. The van der Waals surface area contributed by atoms with Crippen molar-refractivity contribution in [1.82, 2.24) is 15.0 Å². The minimum absolute atomic E-state index is 0.0531. The highest BCUT2D eigenvalue weighted by Crippen LogP contribution is 2.22. The summed E-state index contributed by atoms with van der Waals surface area (Å²) in [5.74, 6) is 0.798. The fourth-order valence-corrected chi connectivity index (χ4v) is 2.28. The first-order valence-corrected chi connectivity index (χ1v) is 7.31. The van der Waals surface area contributed by atoms with E-state index in [0.29, 0.717) is 37.6 Å². The number of piperidine rings is 1. The quantitative estimate of drug-likeness (QED) is 0.782. The Kier molecular flexibility index (Phi) is 5.13. The van der Waals surface area contributed by atoms with Gasteiger partial charge in [-0.2, -0.15) is 15.0 Å². The van der Waals surface area contributed by atoms with E-state index in [1.54, 1.807) is 0 Å². The number of rotatable bonds is 6. The van der Waals surface area contributed by atoms with Crippen molar-refractivity contribution < 1.29 is 9.53 Å². The van der Waals surface area contributed by atoms with Crippen LogP contribution in [-0.2, 0) is 4.79 Å². The Labute approximate surface area is 124 Å². The number of nitrogens with zero attached hydrogens (tertiary/aromatic N) is 4. The molecule has 2 rings (SSSR count). The zero-order valence-electron chi connectivity index (χ0n) is 12.5. The predicted octanol–water partition coefficient (Wildman–Crippen LogP) is 0.404. The number of nitrogens with one attached hydrogen (secondary N) is 1. The van der Waals surface area contributed by atoms with Gasteiger partial charge in [-0.1, -0.05) is 0 Å². The lowest BCUT2D eigenvalue weighted by molar-refractivity contribution is -0.122. The second-order valence-electron chi connectivity index (χ2n) is 4.87. The van der Waals surface area contributed by atoms with E-state index in [4.69, 9.17) is 10.5 Å². The summed E-state index contributed by atoms with van der Waals surface area (Å²) in [6.07, 6.45) is 1.45. The van der Waals surface area contributed by atoms with Crippen LogP contribution < -0.4 is 20.7 Å². The van der Waals surface area contributed by atoms with Crippen molar-refractivity contribution in [3.63, 3.8) is 0 Å². The Morgan fingerprint density at radius 1 is 1.33 bits per heavy atom. The number of carbonyl (C=O) groups excluding carboxylic acids is 1. The molecule has 0 aromatic carbocycles. The molecule has 0 atom stereocenters. The van der Waals surface area contributed by atoms with E-state index in [0.717, 1.165) is 19.4 Å². The second-order valence-corrected chi connectivity index (χ2v) is 4.87. The summed E-state index contributed by atoms with van der Waals surface area (Å²) in [7, 11) is 0. The fraction of sp³-hybridized carbons (Fsp3) is 0.692. The predicted molar refractivity (Wildman–Crippen MR) is 79.3 cm³/mol. The van der Waals surface area contributed by atoms with Crippen LogP contribution in [0.3, 0.4) is 0 Å². The molecule has 1 amide bonds. The number of primary amides is 1. The molecule has 1 aliphatic rings. The number of amides is 1. The van der Waals surface area contributed by atoms with E-state index in [1.807, 2.05) is 18.7 Å². The van der Waals surface area contributed by atoms with Crippen LogP contribution in [0.25, 0.3) is 0 Å². The summed E-state index contributed by atoms with van der Waals surface area (Å²) in [5, 5.41) is 3.07. The zero-order chi connectivity index (χ0) is 15.2. The summed E-state index contributed by atoms with van der Waals surface area (Å²) < 4.78 is 5.38. The van der Waals surface area contributed by atoms with Crippen molar-refractivity contribution in [2.45, 2.75) is 26.7 Å². The maximum Gasteiger partial charge on any atom is 0.323 e. The summed E-state index contributed by atoms with van der Waals surface area (Å²) in [6, 6.07) is 0.315. The van der Waals surface area contributed by atoms with Crippen LogP contribution in [-0.4, -0.2) is 47.1 Å². The lowest BCUT2D eigenvalue weighted by Crippen LogP contribution is -2.39. The van der Waals surface area contributed by atoms with Crippen molar-refractivity contribution in [1.29, 1.82) is 0 Å². The van der Waals surface area contributed by atoms with E-state index < -0.39 is 0 Å². The van der Waals surface area contributed by atoms with E-state index in [-0.39, 0.29) is 11.8 Å². The lowest BCUT2D eigenvalue weighted by Gasteiger charge is -2.30. The molecule has 1 aromatic heterocycles. The number of nitrogens with two attached hydrogens (primary N) is 1. The molecule has 8 nitrogen and oxygen atoms in total. The largest absolute Gasteiger partial charge is 0.464 e. The van der Waals surface area contributed by atoms with Crippen molar-refractivity contribution in [3.05, 3.63) is 0 Å². The molecule has 21 heavy (non-hydrogen) atoms. The van der Waals surface area contributed by atoms with Gasteiger partial charge in [-0.25, -0.2) is 0 Å². The van der Waals surface area contributed by atoms with Crippen LogP contribution in [0.2, 0.25) is 0 Å². The maximum atomic E-state index is 11.2. The summed E-state index contributed by atoms with van der Waals surface area (Å²) in [6.45, 7) is 6.48. The van der Waals surface area contributed by atoms with E-state index in [1.165, 1.54) is 0 Å². The molecule has 0 saturated carbocycles. The van der Waals surface area contributed by atoms with Gasteiger partial charge in [0.15, 0.2) is 0 Å². The molecule has 8 heteroatoms. The molecule has 1 aliphatic heterocycles. The summed E-state index contributed by atoms with van der Waals surface area (Å²) in [4.78, 5) is 26.2. The molecular formula is C13H22N6O2. The van der Waals surface area contributed by atoms with Crippen LogP contribution in [0, 0.1) is 5.92 Å². The Morgan fingerprint density at radius 2 is 2.05 bits per heavy atom. The van der Waals surface area contributed by atoms with E-state index in [9.17, 15) is 4.79 Å². The van der Waals surface area contributed by atoms with E-state index in [2.05, 4.69) is 20.3 Å². The molecule has 0 aliphatic carbocycles. The highest BCUT2D eigenvalue weighted by Gasteiger charge is 2.25. The van der Waals surface area contributed by atoms with Gasteiger partial charge in [0.05, 0.1) is 6.61 Å². The minimum Gasteiger partial charge on any atom is -0.464 e. The Morgan fingerprint density at radius 3 is 2.62 bits per heavy atom. The Bertz CT molecular complexity index is 463. The number of hydrogen-bond donors (Lipinski definition) is 2. The fourth-order valence-electron chi connectivity index (χ4n) is 2.28. The average Bonchev–Trinajstić information content (AvgIpc) is 2.48. The number of aromatic nitrogens is 3. The molecule has 1 aromatic rings. The summed E-state index contributed by atoms with van der Waals surface area (Å²) in [5.41, 5.74) is 5.35. The smallest absolute Gasteiger partial charge is 0.323 e. The topological polar surface area (TPSA) is 106 Å². The first kappa shape index (κ1) is 15.3. The van der Waals surface area contributed by atoms with Gasteiger partial charge in [0.1, 0.15) is 0 Å². The van der Waals surface area contributed by atoms with Crippen molar-refractivity contribution in [2.75, 3.05) is 36.5 Å². The summed E-state index contributed by atoms with van der Waals surface area (Å²) >= 11 is 0. The average molecular weight is 294 g/mol. The number of carbonyl (C=O) groups is 1. The molecule has 0 bridgehead atoms. The van der Waals surface area contributed by atoms with Gasteiger partial charge in [0, 0.05) is 25.6 Å². The van der Waals surface area contributed by atoms with Crippen LogP contribution in [0.4, 0.5) is 11.9 Å². The second kappa shape index (κ2) is 7.05. The molecule has 116 valence electrons. The van der Waals surface area contributed by atoms with Gasteiger partial charge in [-0.15, -0.1) is 0 Å². The molecule has 0 unspecified atom stereocenters. The minimum atomic E-state index is -0.228. The van der Waals surface area contributed by atoms with Crippen LogP contribution in [0.15, 0.2) is 0 Å². The standard InChI is InChI=1S/C13H22N6O2/c1-3-15-11-16-12(18-13(17-11)21-4-2)19-7-5-9(6-8-19)10(14)20/h9H,3-8H2,1-2H3,(H2,14,20)(H,15,16,17,18). The SMILES string of the molecule is CCNc1nc(OCC)nc(N2CCC(C(N)=O)CC2)n1. The van der Waals surface area contributed by atoms with Crippen molar-refractivity contribution >= 4 is 17.8 Å². The van der Waals surface area contributed by atoms with Gasteiger partial charge in [0.2, 0.25) is 17.8 Å². The molecule has 0 spiro atoms. The van der Waals surface area contributed by atoms with Crippen LogP contribution >= 0.6 is 0 Å². The van der Waals surface area contributed by atoms with Crippen molar-refractivity contribution in [2.24, 2.45) is 11.7 Å². The molecule has 2 heterocycles. The van der Waals surface area contributed by atoms with Gasteiger partial charge >= 0.3 is 6.01 Å². The van der Waals surface area contributed by atoms with E-state index >= 15 is 0 Å². The van der Waals surface area contributed by atoms with Crippen LogP contribution in [0.5, 0.6) is 6.01 Å². The Hall–Kier alpha value is -2.12. The number of anilines is 2. The van der Waals surface area contributed by atoms with Crippen molar-refractivity contribution in [3.8, 4) is 6.01 Å². The highest BCUT2D eigenvalue weighted by atomic mass is 16.5.